The Balaban J connectivity index is 1.71. The van der Waals surface area contributed by atoms with Gasteiger partial charge in [0.2, 0.25) is 10.0 Å². The van der Waals surface area contributed by atoms with Crippen molar-refractivity contribution in [3.63, 3.8) is 0 Å². The number of likely N-dealkylation sites (tertiary alicyclic amines) is 1. The van der Waals surface area contributed by atoms with Gasteiger partial charge in [-0.15, -0.1) is 0 Å². The topological polar surface area (TPSA) is 75.4 Å². The smallest absolute Gasteiger partial charge is 0.241 e. The Labute approximate surface area is 126 Å². The summed E-state index contributed by atoms with van der Waals surface area (Å²) in [4.78, 5) is 2.59. The number of anilines is 1. The van der Waals surface area contributed by atoms with Crippen molar-refractivity contribution in [3.05, 3.63) is 24.3 Å². The summed E-state index contributed by atoms with van der Waals surface area (Å²) in [6.45, 7) is 2.01. The number of piperidine rings is 1. The Kier molecular flexibility index (Phi) is 4.19. The molecule has 5 nitrogen and oxygen atoms in total. The van der Waals surface area contributed by atoms with Crippen LogP contribution in [0.4, 0.5) is 5.69 Å². The zero-order valence-electron chi connectivity index (χ0n) is 12.2. The third kappa shape index (κ3) is 3.75. The lowest BCUT2D eigenvalue weighted by atomic mass is 10.1. The molecule has 6 heteroatoms. The van der Waals surface area contributed by atoms with Gasteiger partial charge in [-0.05, 0) is 68.8 Å². The van der Waals surface area contributed by atoms with Crippen molar-refractivity contribution in [1.29, 1.82) is 0 Å². The van der Waals surface area contributed by atoms with Gasteiger partial charge in [0.1, 0.15) is 0 Å². The Bertz CT molecular complexity index is 581. The fraction of sp³-hybridized carbons (Fsp3) is 0.600. The molecule has 0 bridgehead atoms. The second-order valence-corrected chi connectivity index (χ2v) is 7.85. The molecule has 116 valence electrons. The molecule has 3 rings (SSSR count). The highest BCUT2D eigenvalue weighted by Crippen LogP contribution is 2.31. The van der Waals surface area contributed by atoms with E-state index in [0.29, 0.717) is 5.69 Å². The first-order chi connectivity index (χ1) is 10.0. The highest BCUT2D eigenvalue weighted by molar-refractivity contribution is 7.89. The molecule has 1 aliphatic carbocycles. The molecule has 0 aromatic heterocycles. The van der Waals surface area contributed by atoms with Crippen LogP contribution < -0.4 is 10.5 Å². The Morgan fingerprint density at radius 3 is 2.52 bits per heavy atom. The van der Waals surface area contributed by atoms with E-state index >= 15 is 0 Å². The minimum absolute atomic E-state index is 0.0677. The fourth-order valence-electron chi connectivity index (χ4n) is 2.87. The van der Waals surface area contributed by atoms with Gasteiger partial charge in [-0.3, -0.25) is 4.90 Å². The summed E-state index contributed by atoms with van der Waals surface area (Å²) in [5.41, 5.74) is 6.19. The van der Waals surface area contributed by atoms with Crippen LogP contribution in [0.3, 0.4) is 0 Å². The number of nitrogen functional groups attached to an aromatic ring is 1. The number of nitrogens with two attached hydrogens (primary N) is 1. The molecular formula is C15H23N3O2S. The molecule has 1 unspecified atom stereocenters. The lowest BCUT2D eigenvalue weighted by Gasteiger charge is -2.36. The minimum Gasteiger partial charge on any atom is -0.399 e. The molecular weight excluding hydrogens is 286 g/mol. The van der Waals surface area contributed by atoms with Crippen LogP contribution in [-0.4, -0.2) is 32.6 Å². The van der Waals surface area contributed by atoms with Crippen LogP contribution in [0.1, 0.15) is 32.1 Å². The lowest BCUT2D eigenvalue weighted by Crippen LogP contribution is -2.51. The van der Waals surface area contributed by atoms with E-state index in [9.17, 15) is 8.42 Å². The van der Waals surface area contributed by atoms with Crippen molar-refractivity contribution in [2.75, 3.05) is 18.8 Å². The predicted molar refractivity (Wildman–Crippen MR) is 83.1 cm³/mol. The van der Waals surface area contributed by atoms with Gasteiger partial charge in [-0.1, -0.05) is 0 Å². The number of nitrogens with one attached hydrogen (secondary N) is 1. The van der Waals surface area contributed by atoms with Crippen LogP contribution in [0, 0.1) is 5.92 Å². The maximum absolute atomic E-state index is 12.5. The Morgan fingerprint density at radius 1 is 1.14 bits per heavy atom. The van der Waals surface area contributed by atoms with Crippen molar-refractivity contribution < 1.29 is 8.42 Å². The molecule has 1 aromatic carbocycles. The summed E-state index contributed by atoms with van der Waals surface area (Å²) in [5, 5.41) is 0. The van der Waals surface area contributed by atoms with Crippen LogP contribution >= 0.6 is 0 Å². The first-order valence-electron chi connectivity index (χ1n) is 7.66. The maximum Gasteiger partial charge on any atom is 0.241 e. The van der Waals surface area contributed by atoms with E-state index < -0.39 is 10.0 Å². The second-order valence-electron chi connectivity index (χ2n) is 6.14. The summed E-state index contributed by atoms with van der Waals surface area (Å²) < 4.78 is 27.8. The number of sulfonamides is 1. The summed E-state index contributed by atoms with van der Waals surface area (Å²) >= 11 is 0. The number of nitrogens with zero attached hydrogens (tertiary/aromatic N) is 1. The highest BCUT2D eigenvalue weighted by Gasteiger charge is 2.32. The minimum atomic E-state index is -3.47. The monoisotopic (exact) mass is 309 g/mol. The largest absolute Gasteiger partial charge is 0.399 e. The standard InChI is InChI=1S/C15H23N3O2S/c16-13-6-8-14(9-7-13)21(19,20)17-15-3-1-2-10-18(15)11-12-4-5-12/h6-9,12,15,17H,1-5,10-11,16H2. The van der Waals surface area contributed by atoms with E-state index in [1.165, 1.54) is 12.8 Å². The molecule has 1 heterocycles. The van der Waals surface area contributed by atoms with Gasteiger partial charge in [-0.2, -0.15) is 4.72 Å². The van der Waals surface area contributed by atoms with E-state index in [0.717, 1.165) is 38.3 Å². The fourth-order valence-corrected chi connectivity index (χ4v) is 4.12. The van der Waals surface area contributed by atoms with E-state index in [-0.39, 0.29) is 11.1 Å². The summed E-state index contributed by atoms with van der Waals surface area (Å²) in [7, 11) is -3.47. The van der Waals surface area contributed by atoms with Crippen molar-refractivity contribution in [2.45, 2.75) is 43.2 Å². The molecule has 1 saturated carbocycles. The molecule has 1 atom stereocenters. The third-order valence-corrected chi connectivity index (χ3v) is 5.76. The highest BCUT2D eigenvalue weighted by atomic mass is 32.2. The maximum atomic E-state index is 12.5. The Morgan fingerprint density at radius 2 is 1.86 bits per heavy atom. The van der Waals surface area contributed by atoms with Crippen LogP contribution in [-0.2, 0) is 10.0 Å². The number of hydrogen-bond donors (Lipinski definition) is 2. The summed E-state index contributed by atoms with van der Waals surface area (Å²) in [5.74, 6) is 0.770. The lowest BCUT2D eigenvalue weighted by molar-refractivity contribution is 0.133. The van der Waals surface area contributed by atoms with Gasteiger partial charge in [-0.25, -0.2) is 8.42 Å². The summed E-state index contributed by atoms with van der Waals surface area (Å²) in [6.07, 6.45) is 5.63. The van der Waals surface area contributed by atoms with E-state index in [4.69, 9.17) is 5.73 Å². The van der Waals surface area contributed by atoms with Crippen LogP contribution in [0.2, 0.25) is 0 Å². The second kappa shape index (κ2) is 5.94. The van der Waals surface area contributed by atoms with Gasteiger partial charge >= 0.3 is 0 Å². The van der Waals surface area contributed by atoms with Gasteiger partial charge in [0.05, 0.1) is 11.1 Å². The first-order valence-corrected chi connectivity index (χ1v) is 9.15. The molecule has 2 fully saturated rings. The number of benzene rings is 1. The van der Waals surface area contributed by atoms with E-state index in [1.807, 2.05) is 0 Å². The van der Waals surface area contributed by atoms with Crippen molar-refractivity contribution in [1.82, 2.24) is 9.62 Å². The van der Waals surface area contributed by atoms with Gasteiger partial charge in [0.25, 0.3) is 0 Å². The summed E-state index contributed by atoms with van der Waals surface area (Å²) in [6, 6.07) is 6.37. The van der Waals surface area contributed by atoms with Crippen molar-refractivity contribution in [3.8, 4) is 0 Å². The number of hydrogen-bond acceptors (Lipinski definition) is 4. The van der Waals surface area contributed by atoms with Gasteiger partial charge in [0, 0.05) is 12.2 Å². The molecule has 0 amide bonds. The third-order valence-electron chi connectivity index (χ3n) is 4.28. The van der Waals surface area contributed by atoms with Gasteiger partial charge in [0.15, 0.2) is 0 Å². The average Bonchev–Trinajstić information content (AvgIpc) is 3.25. The predicted octanol–water partition coefficient (Wildman–Crippen LogP) is 1.77. The zero-order valence-corrected chi connectivity index (χ0v) is 13.0. The molecule has 21 heavy (non-hydrogen) atoms. The molecule has 3 N–H and O–H groups in total. The zero-order chi connectivity index (χ0) is 14.9. The van der Waals surface area contributed by atoms with E-state index in [2.05, 4.69) is 9.62 Å². The SMILES string of the molecule is Nc1ccc(S(=O)(=O)NC2CCCCN2CC2CC2)cc1. The van der Waals surface area contributed by atoms with Gasteiger partial charge < -0.3 is 5.73 Å². The molecule has 1 aliphatic heterocycles. The Hall–Kier alpha value is -1.11. The number of rotatable bonds is 5. The average molecular weight is 309 g/mol. The molecule has 0 spiro atoms. The molecule has 0 radical (unpaired) electrons. The van der Waals surface area contributed by atoms with E-state index in [1.54, 1.807) is 24.3 Å². The molecule has 2 aliphatic rings. The molecule has 1 aromatic rings. The quantitative estimate of drug-likeness (QED) is 0.813. The normalized spacial score (nSPS) is 24.1. The van der Waals surface area contributed by atoms with Crippen LogP contribution in [0.15, 0.2) is 29.2 Å². The van der Waals surface area contributed by atoms with Crippen LogP contribution in [0.25, 0.3) is 0 Å². The molecule has 1 saturated heterocycles. The first kappa shape index (κ1) is 14.8. The van der Waals surface area contributed by atoms with Crippen molar-refractivity contribution in [2.24, 2.45) is 5.92 Å². The van der Waals surface area contributed by atoms with Crippen molar-refractivity contribution >= 4 is 15.7 Å². The van der Waals surface area contributed by atoms with Crippen LogP contribution in [0.5, 0.6) is 0 Å².